The lowest BCUT2D eigenvalue weighted by Crippen LogP contribution is -2.41. The molecule has 0 radical (unpaired) electrons. The van der Waals surface area contributed by atoms with Gasteiger partial charge in [-0.3, -0.25) is 10.1 Å². The first-order valence-corrected chi connectivity index (χ1v) is 7.59. The highest BCUT2D eigenvalue weighted by atomic mass is 16.5. The fraction of sp³-hybridized carbons (Fsp3) is 0.235. The van der Waals surface area contributed by atoms with Crippen molar-refractivity contribution in [2.45, 2.75) is 0 Å². The fourth-order valence-electron chi connectivity index (χ4n) is 2.15. The molecule has 1 aromatic heterocycles. The van der Waals surface area contributed by atoms with Crippen LogP contribution in [0.2, 0.25) is 0 Å². The van der Waals surface area contributed by atoms with Crippen molar-refractivity contribution in [3.8, 4) is 11.5 Å². The van der Waals surface area contributed by atoms with Crippen molar-refractivity contribution in [1.82, 2.24) is 15.6 Å². The zero-order chi connectivity index (χ0) is 19.1. The van der Waals surface area contributed by atoms with Crippen LogP contribution in [0.25, 0.3) is 10.9 Å². The van der Waals surface area contributed by atoms with E-state index in [2.05, 4.69) is 16.9 Å². The van der Waals surface area contributed by atoms with Crippen LogP contribution >= 0.6 is 0 Å². The first-order valence-electron chi connectivity index (χ1n) is 7.59. The monoisotopic (exact) mass is 361 g/mol. The van der Waals surface area contributed by atoms with Crippen molar-refractivity contribution in [3.63, 3.8) is 0 Å². The van der Waals surface area contributed by atoms with Crippen LogP contribution in [0.4, 0.5) is 4.79 Å². The number of hydrogen-bond donors (Lipinski definition) is 3. The number of fused-ring (bicyclic) bond motifs is 1. The molecule has 1 aromatic carbocycles. The molecule has 9 heteroatoms. The van der Waals surface area contributed by atoms with Crippen LogP contribution in [0.1, 0.15) is 10.5 Å². The van der Waals surface area contributed by atoms with Crippen molar-refractivity contribution < 1.29 is 28.6 Å². The van der Waals surface area contributed by atoms with Crippen LogP contribution in [0.3, 0.4) is 0 Å². The molecule has 0 atom stereocenters. The van der Waals surface area contributed by atoms with Crippen LogP contribution in [0.15, 0.2) is 30.9 Å². The third-order valence-corrected chi connectivity index (χ3v) is 3.34. The van der Waals surface area contributed by atoms with E-state index in [1.165, 1.54) is 20.3 Å². The number of carbonyl (C=O) groups is 3. The van der Waals surface area contributed by atoms with Gasteiger partial charge in [0, 0.05) is 18.0 Å². The van der Waals surface area contributed by atoms with Crippen molar-refractivity contribution in [1.29, 1.82) is 0 Å². The quantitative estimate of drug-likeness (QED) is 0.506. The topological polar surface area (TPSA) is 119 Å². The number of esters is 1. The zero-order valence-electron chi connectivity index (χ0n) is 14.4. The standard InChI is InChI=1S/C17H19N3O6/c1-4-5-18-17(23)20-14(21)9-26-16(22)12-7-10-6-11(24-2)8-13(25-3)15(10)19-12/h4,6-8,19H,1,5,9H2,2-3H3,(H2,18,20,21,23). The molecule has 0 spiro atoms. The van der Waals surface area contributed by atoms with Crippen LogP contribution in [-0.2, 0) is 9.53 Å². The van der Waals surface area contributed by atoms with E-state index >= 15 is 0 Å². The van der Waals surface area contributed by atoms with Gasteiger partial charge >= 0.3 is 12.0 Å². The summed E-state index contributed by atoms with van der Waals surface area (Å²) in [5, 5.41) is 5.07. The number of aromatic amines is 1. The van der Waals surface area contributed by atoms with Gasteiger partial charge in [0.15, 0.2) is 6.61 Å². The lowest BCUT2D eigenvalue weighted by atomic mass is 10.2. The second kappa shape index (κ2) is 8.56. The molecule has 2 aromatic rings. The van der Waals surface area contributed by atoms with E-state index in [1.807, 2.05) is 5.32 Å². The highest BCUT2D eigenvalue weighted by molar-refractivity contribution is 5.99. The first kappa shape index (κ1) is 18.8. The van der Waals surface area contributed by atoms with Crippen molar-refractivity contribution in [2.24, 2.45) is 0 Å². The maximum absolute atomic E-state index is 12.1. The average molecular weight is 361 g/mol. The highest BCUT2D eigenvalue weighted by Crippen LogP contribution is 2.31. The number of H-pyrrole nitrogens is 1. The van der Waals surface area contributed by atoms with E-state index in [4.69, 9.17) is 14.2 Å². The second-order valence-corrected chi connectivity index (χ2v) is 5.10. The number of ether oxygens (including phenoxy) is 3. The predicted octanol–water partition coefficient (Wildman–Crippen LogP) is 1.35. The maximum Gasteiger partial charge on any atom is 0.355 e. The lowest BCUT2D eigenvalue weighted by Gasteiger charge is -2.05. The number of nitrogens with one attached hydrogen (secondary N) is 3. The van der Waals surface area contributed by atoms with Gasteiger partial charge in [0.1, 0.15) is 17.2 Å². The number of hydrogen-bond acceptors (Lipinski definition) is 6. The number of imide groups is 1. The molecule has 9 nitrogen and oxygen atoms in total. The molecule has 0 saturated carbocycles. The number of benzene rings is 1. The lowest BCUT2D eigenvalue weighted by molar-refractivity contribution is -0.123. The van der Waals surface area contributed by atoms with Gasteiger partial charge in [0.05, 0.1) is 19.7 Å². The third kappa shape index (κ3) is 4.53. The minimum Gasteiger partial charge on any atom is -0.497 e. The van der Waals surface area contributed by atoms with Crippen molar-refractivity contribution in [3.05, 3.63) is 36.5 Å². The second-order valence-electron chi connectivity index (χ2n) is 5.10. The Morgan fingerprint density at radius 2 is 1.96 bits per heavy atom. The van der Waals surface area contributed by atoms with E-state index in [9.17, 15) is 14.4 Å². The number of carbonyl (C=O) groups excluding carboxylic acids is 3. The van der Waals surface area contributed by atoms with Crippen LogP contribution in [0.5, 0.6) is 11.5 Å². The maximum atomic E-state index is 12.1. The summed E-state index contributed by atoms with van der Waals surface area (Å²) in [5.74, 6) is -0.438. The van der Waals surface area contributed by atoms with Gasteiger partial charge in [0.2, 0.25) is 0 Å². The summed E-state index contributed by atoms with van der Waals surface area (Å²) in [7, 11) is 3.01. The summed E-state index contributed by atoms with van der Waals surface area (Å²) in [6, 6.07) is 4.25. The van der Waals surface area contributed by atoms with E-state index in [0.717, 1.165) is 0 Å². The van der Waals surface area contributed by atoms with Gasteiger partial charge in [-0.1, -0.05) is 6.08 Å². The highest BCUT2D eigenvalue weighted by Gasteiger charge is 2.16. The molecule has 26 heavy (non-hydrogen) atoms. The van der Waals surface area contributed by atoms with E-state index in [-0.39, 0.29) is 12.2 Å². The summed E-state index contributed by atoms with van der Waals surface area (Å²) in [6.07, 6.45) is 1.46. The molecule has 138 valence electrons. The Hall–Kier alpha value is -3.49. The first-order chi connectivity index (χ1) is 12.5. The van der Waals surface area contributed by atoms with Crippen LogP contribution in [0, 0.1) is 0 Å². The molecular formula is C17H19N3O6. The summed E-state index contributed by atoms with van der Waals surface area (Å²) in [4.78, 5) is 37.9. The Bertz CT molecular complexity index is 842. The van der Waals surface area contributed by atoms with Gasteiger partial charge in [-0.2, -0.15) is 0 Å². The van der Waals surface area contributed by atoms with E-state index in [0.29, 0.717) is 22.4 Å². The summed E-state index contributed by atoms with van der Waals surface area (Å²) < 4.78 is 15.3. The van der Waals surface area contributed by atoms with Gasteiger partial charge < -0.3 is 24.5 Å². The van der Waals surface area contributed by atoms with Crippen LogP contribution < -0.4 is 20.1 Å². The summed E-state index contributed by atoms with van der Waals surface area (Å²) >= 11 is 0. The number of urea groups is 1. The van der Waals surface area contributed by atoms with Gasteiger partial charge in [-0.25, -0.2) is 9.59 Å². The van der Waals surface area contributed by atoms with Crippen LogP contribution in [-0.4, -0.2) is 50.3 Å². The number of methoxy groups -OCH3 is 2. The molecule has 3 N–H and O–H groups in total. The molecule has 0 fully saturated rings. The molecule has 0 aliphatic heterocycles. The van der Waals surface area contributed by atoms with Crippen molar-refractivity contribution >= 4 is 28.8 Å². The predicted molar refractivity (Wildman–Crippen MR) is 93.4 cm³/mol. The van der Waals surface area contributed by atoms with Gasteiger partial charge in [-0.15, -0.1) is 6.58 Å². The number of amides is 3. The molecular weight excluding hydrogens is 342 g/mol. The third-order valence-electron chi connectivity index (χ3n) is 3.34. The zero-order valence-corrected chi connectivity index (χ0v) is 14.4. The summed E-state index contributed by atoms with van der Waals surface area (Å²) in [5.41, 5.74) is 0.726. The molecule has 0 bridgehead atoms. The number of rotatable bonds is 7. The Balaban J connectivity index is 2.02. The Labute approximate surface area is 149 Å². The summed E-state index contributed by atoms with van der Waals surface area (Å²) in [6.45, 7) is 3.04. The smallest absolute Gasteiger partial charge is 0.355 e. The van der Waals surface area contributed by atoms with Crippen molar-refractivity contribution in [2.75, 3.05) is 27.4 Å². The SMILES string of the molecule is C=CCNC(=O)NC(=O)COC(=O)c1cc2cc(OC)cc(OC)c2[nH]1. The molecule has 0 saturated heterocycles. The molecule has 0 aliphatic carbocycles. The molecule has 3 amide bonds. The fourth-order valence-corrected chi connectivity index (χ4v) is 2.15. The Morgan fingerprint density at radius 1 is 1.19 bits per heavy atom. The molecule has 1 heterocycles. The molecule has 0 unspecified atom stereocenters. The van der Waals surface area contributed by atoms with Gasteiger partial charge in [0.25, 0.3) is 5.91 Å². The van der Waals surface area contributed by atoms with Gasteiger partial charge in [-0.05, 0) is 12.1 Å². The van der Waals surface area contributed by atoms with E-state index in [1.54, 1.807) is 18.2 Å². The molecule has 2 rings (SSSR count). The minimum absolute atomic E-state index is 0.135. The minimum atomic E-state index is -0.754. The average Bonchev–Trinajstić information content (AvgIpc) is 3.07. The normalized spacial score (nSPS) is 10.1. The largest absolute Gasteiger partial charge is 0.497 e. The Morgan fingerprint density at radius 3 is 2.62 bits per heavy atom. The number of aromatic nitrogens is 1. The molecule has 0 aliphatic rings. The van der Waals surface area contributed by atoms with E-state index < -0.39 is 24.5 Å². The Kier molecular flexibility index (Phi) is 6.20.